The summed E-state index contributed by atoms with van der Waals surface area (Å²) in [7, 11) is 1.73. The summed E-state index contributed by atoms with van der Waals surface area (Å²) in [5.74, 6) is 1.39. The lowest BCUT2D eigenvalue weighted by Crippen LogP contribution is -2.46. The van der Waals surface area contributed by atoms with Gasteiger partial charge in [-0.3, -0.25) is 14.2 Å². The van der Waals surface area contributed by atoms with Gasteiger partial charge in [-0.1, -0.05) is 60.7 Å². The third-order valence-corrected chi connectivity index (χ3v) is 7.68. The molecule has 41 heavy (non-hydrogen) atoms. The van der Waals surface area contributed by atoms with Crippen LogP contribution in [0.15, 0.2) is 95.9 Å². The van der Waals surface area contributed by atoms with Crippen molar-refractivity contribution in [1.29, 1.82) is 0 Å². The fourth-order valence-electron chi connectivity index (χ4n) is 5.27. The zero-order valence-electron chi connectivity index (χ0n) is 23.2. The zero-order valence-corrected chi connectivity index (χ0v) is 23.2. The molecule has 0 unspecified atom stereocenters. The number of anilines is 2. The Labute approximate surface area is 239 Å². The molecule has 7 heteroatoms. The summed E-state index contributed by atoms with van der Waals surface area (Å²) >= 11 is 0. The monoisotopic (exact) mass is 541 g/mol. The molecule has 0 N–H and O–H groups in total. The van der Waals surface area contributed by atoms with Crippen LogP contribution in [0.4, 0.5) is 11.5 Å². The first-order valence-electron chi connectivity index (χ1n) is 13.8. The van der Waals surface area contributed by atoms with Crippen LogP contribution in [0.1, 0.15) is 32.9 Å². The molecule has 3 aromatic carbocycles. The first kappa shape index (κ1) is 26.2. The van der Waals surface area contributed by atoms with E-state index < -0.39 is 0 Å². The molecule has 0 spiro atoms. The van der Waals surface area contributed by atoms with Crippen LogP contribution >= 0.6 is 0 Å². The van der Waals surface area contributed by atoms with E-state index in [1.807, 2.05) is 79.7 Å². The van der Waals surface area contributed by atoms with Gasteiger partial charge < -0.3 is 9.80 Å². The van der Waals surface area contributed by atoms with Crippen molar-refractivity contribution < 1.29 is 4.79 Å². The van der Waals surface area contributed by atoms with Gasteiger partial charge in [-0.05, 0) is 54.5 Å². The van der Waals surface area contributed by atoms with Crippen molar-refractivity contribution in [1.82, 2.24) is 14.5 Å². The number of aromatic nitrogens is 3. The highest BCUT2D eigenvalue weighted by Crippen LogP contribution is 2.20. The van der Waals surface area contributed by atoms with Crippen molar-refractivity contribution in [3.8, 4) is 0 Å². The quantitative estimate of drug-likeness (QED) is 0.270. The number of para-hydroxylation sites is 1. The molecule has 3 heterocycles. The summed E-state index contributed by atoms with van der Waals surface area (Å²) in [5, 5.41) is 0.642. The molecule has 0 bridgehead atoms. The Morgan fingerprint density at radius 2 is 1.49 bits per heavy atom. The first-order valence-corrected chi connectivity index (χ1v) is 13.8. The summed E-state index contributed by atoms with van der Waals surface area (Å²) < 4.78 is 1.56. The van der Waals surface area contributed by atoms with E-state index in [-0.39, 0.29) is 11.3 Å². The lowest BCUT2D eigenvalue weighted by Gasteiger charge is -2.36. The van der Waals surface area contributed by atoms with E-state index in [0.29, 0.717) is 27.9 Å². The lowest BCUT2D eigenvalue weighted by molar-refractivity contribution is 0.103. The number of nitrogens with zero attached hydrogens (tertiary/aromatic N) is 5. The number of benzene rings is 3. The van der Waals surface area contributed by atoms with Crippen LogP contribution in [-0.2, 0) is 7.05 Å². The van der Waals surface area contributed by atoms with E-state index in [0.717, 1.165) is 43.1 Å². The van der Waals surface area contributed by atoms with E-state index in [1.54, 1.807) is 17.8 Å². The maximum atomic E-state index is 13.1. The smallest absolute Gasteiger partial charge is 0.261 e. The molecule has 0 radical (unpaired) electrons. The number of rotatable bonds is 6. The maximum absolute atomic E-state index is 13.1. The van der Waals surface area contributed by atoms with Crippen molar-refractivity contribution in [2.75, 3.05) is 36.0 Å². The van der Waals surface area contributed by atoms with Crippen LogP contribution < -0.4 is 15.4 Å². The van der Waals surface area contributed by atoms with Crippen molar-refractivity contribution in [3.63, 3.8) is 0 Å². The van der Waals surface area contributed by atoms with Crippen LogP contribution in [0.5, 0.6) is 0 Å². The maximum Gasteiger partial charge on any atom is 0.261 e. The highest BCUT2D eigenvalue weighted by molar-refractivity contribution is 6.09. The number of carbonyl (C=O) groups excluding carboxylic acids is 1. The number of carbonyl (C=O) groups is 1. The molecule has 5 aromatic rings. The van der Waals surface area contributed by atoms with Gasteiger partial charge in [0.05, 0.1) is 10.9 Å². The van der Waals surface area contributed by atoms with Gasteiger partial charge in [-0.2, -0.15) is 0 Å². The summed E-state index contributed by atoms with van der Waals surface area (Å²) in [6.07, 6.45) is 5.39. The van der Waals surface area contributed by atoms with Gasteiger partial charge in [-0.25, -0.2) is 9.97 Å². The fraction of sp³-hybridized carbons (Fsp3) is 0.176. The Bertz CT molecular complexity index is 1780. The third kappa shape index (κ3) is 5.39. The number of fused-ring (bicyclic) bond motifs is 1. The molecule has 1 saturated heterocycles. The van der Waals surface area contributed by atoms with Crippen LogP contribution in [0.25, 0.3) is 23.1 Å². The molecule has 2 aromatic heterocycles. The molecule has 0 aliphatic carbocycles. The summed E-state index contributed by atoms with van der Waals surface area (Å²) in [6, 6.07) is 27.3. The average Bonchev–Trinajstić information content (AvgIpc) is 3.02. The highest BCUT2D eigenvalue weighted by Gasteiger charge is 2.19. The molecule has 7 nitrogen and oxygen atoms in total. The van der Waals surface area contributed by atoms with E-state index >= 15 is 0 Å². The summed E-state index contributed by atoms with van der Waals surface area (Å²) in [5.41, 5.74) is 4.84. The van der Waals surface area contributed by atoms with E-state index in [1.165, 1.54) is 5.69 Å². The standard InChI is InChI=1S/C34H31N5O2/c1-24-7-6-10-29-32(24)34(41)37(2)31(36-29)17-13-25-11-14-26(15-12-25)33(40)27-16-18-30(35-23-27)39-21-19-38(20-22-39)28-8-4-3-5-9-28/h3-18,23H,19-22H2,1-2H3/b17-13+. The van der Waals surface area contributed by atoms with Crippen molar-refractivity contribution in [3.05, 3.63) is 130 Å². The number of hydrogen-bond donors (Lipinski definition) is 0. The summed E-state index contributed by atoms with van der Waals surface area (Å²) in [4.78, 5) is 39.9. The van der Waals surface area contributed by atoms with Gasteiger partial charge in [0, 0.05) is 56.2 Å². The predicted molar refractivity (Wildman–Crippen MR) is 166 cm³/mol. The SMILES string of the molecule is Cc1cccc2nc(/C=C/c3ccc(C(=O)c4ccc(N5CCN(c6ccccc6)CC5)nc4)cc3)n(C)c(=O)c12. The van der Waals surface area contributed by atoms with Gasteiger partial charge in [0.15, 0.2) is 5.78 Å². The van der Waals surface area contributed by atoms with Gasteiger partial charge in [0.25, 0.3) is 5.56 Å². The first-order chi connectivity index (χ1) is 20.0. The van der Waals surface area contributed by atoms with E-state index in [9.17, 15) is 9.59 Å². The van der Waals surface area contributed by atoms with Crippen molar-refractivity contribution in [2.45, 2.75) is 6.92 Å². The molecular formula is C34H31N5O2. The third-order valence-electron chi connectivity index (χ3n) is 7.68. The molecule has 0 atom stereocenters. The minimum atomic E-state index is -0.0672. The van der Waals surface area contributed by atoms with Crippen molar-refractivity contribution in [2.24, 2.45) is 7.05 Å². The van der Waals surface area contributed by atoms with Gasteiger partial charge in [-0.15, -0.1) is 0 Å². The van der Waals surface area contributed by atoms with Gasteiger partial charge in [0.1, 0.15) is 11.6 Å². The summed E-state index contributed by atoms with van der Waals surface area (Å²) in [6.45, 7) is 5.54. The minimum absolute atomic E-state index is 0.0669. The zero-order chi connectivity index (χ0) is 28.3. The van der Waals surface area contributed by atoms with E-state index in [2.05, 4.69) is 44.0 Å². The molecule has 0 saturated carbocycles. The van der Waals surface area contributed by atoms with E-state index in [4.69, 9.17) is 0 Å². The Morgan fingerprint density at radius 3 is 2.20 bits per heavy atom. The molecule has 204 valence electrons. The second kappa shape index (κ2) is 11.2. The number of piperazine rings is 1. The largest absolute Gasteiger partial charge is 0.368 e. The van der Waals surface area contributed by atoms with Crippen LogP contribution in [0, 0.1) is 6.92 Å². The van der Waals surface area contributed by atoms with Crippen molar-refractivity contribution >= 4 is 40.3 Å². The Morgan fingerprint density at radius 1 is 0.780 bits per heavy atom. The molecule has 1 fully saturated rings. The highest BCUT2D eigenvalue weighted by atomic mass is 16.1. The number of pyridine rings is 1. The molecule has 6 rings (SSSR count). The average molecular weight is 542 g/mol. The molecule has 0 amide bonds. The fourth-order valence-corrected chi connectivity index (χ4v) is 5.27. The Balaban J connectivity index is 1.11. The number of hydrogen-bond acceptors (Lipinski definition) is 6. The van der Waals surface area contributed by atoms with Gasteiger partial charge >= 0.3 is 0 Å². The van der Waals surface area contributed by atoms with Crippen LogP contribution in [0.2, 0.25) is 0 Å². The molecule has 1 aliphatic rings. The number of aryl methyl sites for hydroxylation is 1. The van der Waals surface area contributed by atoms with Crippen LogP contribution in [0.3, 0.4) is 0 Å². The number of ketones is 1. The topological polar surface area (TPSA) is 71.3 Å². The minimum Gasteiger partial charge on any atom is -0.368 e. The predicted octanol–water partition coefficient (Wildman–Crippen LogP) is 5.36. The van der Waals surface area contributed by atoms with Crippen LogP contribution in [-0.4, -0.2) is 46.5 Å². The Hall–Kier alpha value is -5.04. The molecule has 1 aliphatic heterocycles. The second-order valence-corrected chi connectivity index (χ2v) is 10.3. The normalized spacial score (nSPS) is 13.7. The second-order valence-electron chi connectivity index (χ2n) is 10.3. The Kier molecular flexibility index (Phi) is 7.17. The molecular weight excluding hydrogens is 510 g/mol. The van der Waals surface area contributed by atoms with Gasteiger partial charge in [0.2, 0.25) is 0 Å². The lowest BCUT2D eigenvalue weighted by atomic mass is 10.0.